The number of pyridine rings is 1. The summed E-state index contributed by atoms with van der Waals surface area (Å²) in [5.41, 5.74) is 0.614. The number of carbonyl (C=O) groups is 2. The third-order valence-corrected chi connectivity index (χ3v) is 4.83. The van der Waals surface area contributed by atoms with Crippen LogP contribution < -0.4 is 10.1 Å². The van der Waals surface area contributed by atoms with E-state index in [9.17, 15) is 9.59 Å². The van der Waals surface area contributed by atoms with Crippen LogP contribution >= 0.6 is 11.6 Å². The number of piperidine rings is 1. The van der Waals surface area contributed by atoms with Crippen molar-refractivity contribution in [3.05, 3.63) is 59.4 Å². The normalized spacial score (nSPS) is 14.6. The summed E-state index contributed by atoms with van der Waals surface area (Å²) in [5, 5.41) is 3.53. The van der Waals surface area contributed by atoms with E-state index in [1.54, 1.807) is 48.8 Å². The Labute approximate surface area is 163 Å². The van der Waals surface area contributed by atoms with Crippen molar-refractivity contribution in [2.75, 3.05) is 26.2 Å². The van der Waals surface area contributed by atoms with Gasteiger partial charge in [0.15, 0.2) is 6.61 Å². The quantitative estimate of drug-likeness (QED) is 0.827. The van der Waals surface area contributed by atoms with Gasteiger partial charge in [-0.3, -0.25) is 14.6 Å². The molecule has 1 saturated heterocycles. The number of amides is 2. The van der Waals surface area contributed by atoms with E-state index in [-0.39, 0.29) is 18.4 Å². The number of rotatable bonds is 6. The molecule has 0 aliphatic carbocycles. The average Bonchev–Trinajstić information content (AvgIpc) is 2.72. The first-order valence-electron chi connectivity index (χ1n) is 8.96. The van der Waals surface area contributed by atoms with Crippen molar-refractivity contribution in [1.82, 2.24) is 15.2 Å². The van der Waals surface area contributed by atoms with Crippen molar-refractivity contribution >= 4 is 23.4 Å². The highest BCUT2D eigenvalue weighted by Crippen LogP contribution is 2.18. The number of likely N-dealkylation sites (tertiary alicyclic amines) is 1. The molecule has 3 rings (SSSR count). The van der Waals surface area contributed by atoms with Crippen LogP contribution in [-0.4, -0.2) is 47.9 Å². The monoisotopic (exact) mass is 387 g/mol. The van der Waals surface area contributed by atoms with Gasteiger partial charge in [0.2, 0.25) is 0 Å². The number of hydrogen-bond acceptors (Lipinski definition) is 4. The smallest absolute Gasteiger partial charge is 0.257 e. The first kappa shape index (κ1) is 19.2. The molecule has 1 aliphatic rings. The molecular weight excluding hydrogens is 366 g/mol. The highest BCUT2D eigenvalue weighted by atomic mass is 35.5. The maximum absolute atomic E-state index is 12.4. The Hall–Kier alpha value is -2.60. The summed E-state index contributed by atoms with van der Waals surface area (Å²) in [6, 6.07) is 10.4. The fourth-order valence-corrected chi connectivity index (χ4v) is 3.13. The molecule has 142 valence electrons. The molecule has 1 aliphatic heterocycles. The first-order valence-corrected chi connectivity index (χ1v) is 9.34. The molecule has 7 heteroatoms. The number of hydrogen-bond donors (Lipinski definition) is 1. The predicted molar refractivity (Wildman–Crippen MR) is 103 cm³/mol. The molecule has 0 atom stereocenters. The van der Waals surface area contributed by atoms with Crippen LogP contribution in [0, 0.1) is 5.92 Å². The van der Waals surface area contributed by atoms with Gasteiger partial charge in [-0.25, -0.2) is 0 Å². The van der Waals surface area contributed by atoms with Crippen LogP contribution in [0.25, 0.3) is 0 Å². The molecule has 0 bridgehead atoms. The van der Waals surface area contributed by atoms with Gasteiger partial charge < -0.3 is 15.0 Å². The molecule has 0 unspecified atom stereocenters. The van der Waals surface area contributed by atoms with E-state index >= 15 is 0 Å². The number of ether oxygens (including phenoxy) is 1. The highest BCUT2D eigenvalue weighted by Gasteiger charge is 2.24. The van der Waals surface area contributed by atoms with Gasteiger partial charge in [0.05, 0.1) is 5.56 Å². The molecule has 1 N–H and O–H groups in total. The lowest BCUT2D eigenvalue weighted by molar-refractivity contribution is -0.123. The van der Waals surface area contributed by atoms with Gasteiger partial charge in [-0.2, -0.15) is 0 Å². The molecule has 6 nitrogen and oxygen atoms in total. The molecule has 0 spiro atoms. The van der Waals surface area contributed by atoms with Gasteiger partial charge in [-0.1, -0.05) is 11.6 Å². The van der Waals surface area contributed by atoms with Crippen molar-refractivity contribution in [2.24, 2.45) is 5.92 Å². The molecule has 0 saturated carbocycles. The minimum Gasteiger partial charge on any atom is -0.484 e. The second-order valence-electron chi connectivity index (χ2n) is 6.52. The Morgan fingerprint density at radius 1 is 1.19 bits per heavy atom. The van der Waals surface area contributed by atoms with E-state index in [1.807, 2.05) is 4.90 Å². The molecule has 1 aromatic heterocycles. The third-order valence-electron chi connectivity index (χ3n) is 4.58. The van der Waals surface area contributed by atoms with Crippen molar-refractivity contribution < 1.29 is 14.3 Å². The van der Waals surface area contributed by atoms with Crippen LogP contribution in [-0.2, 0) is 4.79 Å². The van der Waals surface area contributed by atoms with Gasteiger partial charge in [-0.05, 0) is 55.2 Å². The van der Waals surface area contributed by atoms with Crippen LogP contribution in [0.5, 0.6) is 5.75 Å². The van der Waals surface area contributed by atoms with Crippen LogP contribution in [0.3, 0.4) is 0 Å². The molecule has 1 fully saturated rings. The molecule has 0 radical (unpaired) electrons. The standard InChI is InChI=1S/C20H22ClN3O3/c21-17-3-5-18(6-4-17)27-14-19(25)23-12-15-7-10-24(11-8-15)20(26)16-2-1-9-22-13-16/h1-6,9,13,15H,7-8,10-12,14H2,(H,23,25). The molecule has 1 aromatic carbocycles. The zero-order chi connectivity index (χ0) is 19.1. The number of nitrogens with zero attached hydrogens (tertiary/aromatic N) is 2. The van der Waals surface area contributed by atoms with Gasteiger partial charge in [0.1, 0.15) is 5.75 Å². The van der Waals surface area contributed by atoms with Crippen molar-refractivity contribution in [1.29, 1.82) is 0 Å². The SMILES string of the molecule is O=C(COc1ccc(Cl)cc1)NCC1CCN(C(=O)c2cccnc2)CC1. The lowest BCUT2D eigenvalue weighted by Gasteiger charge is -2.32. The molecule has 27 heavy (non-hydrogen) atoms. The Morgan fingerprint density at radius 3 is 2.59 bits per heavy atom. The number of benzene rings is 1. The maximum Gasteiger partial charge on any atom is 0.257 e. The summed E-state index contributed by atoms with van der Waals surface area (Å²) in [6.07, 6.45) is 4.98. The predicted octanol–water partition coefficient (Wildman–Crippen LogP) is 2.78. The van der Waals surface area contributed by atoms with E-state index in [4.69, 9.17) is 16.3 Å². The fraction of sp³-hybridized carbons (Fsp3) is 0.350. The van der Waals surface area contributed by atoms with E-state index in [0.717, 1.165) is 12.8 Å². The first-order chi connectivity index (χ1) is 13.1. The summed E-state index contributed by atoms with van der Waals surface area (Å²) in [4.78, 5) is 30.2. The van der Waals surface area contributed by atoms with Crippen molar-refractivity contribution in [3.63, 3.8) is 0 Å². The zero-order valence-electron chi connectivity index (χ0n) is 14.9. The average molecular weight is 388 g/mol. The molecular formula is C20H22ClN3O3. The lowest BCUT2D eigenvalue weighted by Crippen LogP contribution is -2.42. The van der Waals surface area contributed by atoms with Gasteiger partial charge >= 0.3 is 0 Å². The van der Waals surface area contributed by atoms with Crippen LogP contribution in [0.1, 0.15) is 23.2 Å². The fourth-order valence-electron chi connectivity index (χ4n) is 3.00. The summed E-state index contributed by atoms with van der Waals surface area (Å²) in [7, 11) is 0. The van der Waals surface area contributed by atoms with E-state index in [0.29, 0.717) is 41.9 Å². The number of carbonyl (C=O) groups excluding carboxylic acids is 2. The number of nitrogens with one attached hydrogen (secondary N) is 1. The van der Waals surface area contributed by atoms with E-state index < -0.39 is 0 Å². The highest BCUT2D eigenvalue weighted by molar-refractivity contribution is 6.30. The molecule has 2 heterocycles. The van der Waals surface area contributed by atoms with Crippen LogP contribution in [0.2, 0.25) is 5.02 Å². The molecule has 2 aromatic rings. The zero-order valence-corrected chi connectivity index (χ0v) is 15.7. The van der Waals surface area contributed by atoms with E-state index in [2.05, 4.69) is 10.3 Å². The summed E-state index contributed by atoms with van der Waals surface area (Å²) in [5.74, 6) is 0.833. The van der Waals surface area contributed by atoms with Crippen LogP contribution in [0.4, 0.5) is 0 Å². The van der Waals surface area contributed by atoms with Gasteiger partial charge in [0.25, 0.3) is 11.8 Å². The van der Waals surface area contributed by atoms with Crippen molar-refractivity contribution in [2.45, 2.75) is 12.8 Å². The second-order valence-corrected chi connectivity index (χ2v) is 6.96. The maximum atomic E-state index is 12.4. The minimum atomic E-state index is -0.154. The minimum absolute atomic E-state index is 0.0157. The number of halogens is 1. The lowest BCUT2D eigenvalue weighted by atomic mass is 9.96. The Bertz CT molecular complexity index is 760. The summed E-state index contributed by atoms with van der Waals surface area (Å²) < 4.78 is 5.43. The summed E-state index contributed by atoms with van der Waals surface area (Å²) >= 11 is 5.81. The topological polar surface area (TPSA) is 71.5 Å². The second kappa shape index (κ2) is 9.37. The largest absolute Gasteiger partial charge is 0.484 e. The van der Waals surface area contributed by atoms with Gasteiger partial charge in [0, 0.05) is 37.1 Å². The van der Waals surface area contributed by atoms with Gasteiger partial charge in [-0.15, -0.1) is 0 Å². The Kier molecular flexibility index (Phi) is 6.65. The Morgan fingerprint density at radius 2 is 1.93 bits per heavy atom. The third kappa shape index (κ3) is 5.69. The molecule has 2 amide bonds. The van der Waals surface area contributed by atoms with E-state index in [1.165, 1.54) is 0 Å². The number of aromatic nitrogens is 1. The Balaban J connectivity index is 1.36. The summed E-state index contributed by atoms with van der Waals surface area (Å²) in [6.45, 7) is 1.95. The van der Waals surface area contributed by atoms with Crippen molar-refractivity contribution in [3.8, 4) is 5.75 Å². The van der Waals surface area contributed by atoms with Crippen LogP contribution in [0.15, 0.2) is 48.8 Å².